The predicted octanol–water partition coefficient (Wildman–Crippen LogP) is 13.9. The first-order valence-corrected chi connectivity index (χ1v) is 19.9. The molecule has 57 heavy (non-hydrogen) atoms. The highest BCUT2D eigenvalue weighted by Gasteiger charge is 2.36. The van der Waals surface area contributed by atoms with Gasteiger partial charge in [0, 0.05) is 23.5 Å². The van der Waals surface area contributed by atoms with E-state index in [4.69, 9.17) is 14.7 Å². The Balaban J connectivity index is 1.14. The van der Waals surface area contributed by atoms with Crippen LogP contribution in [0.25, 0.3) is 71.3 Å². The number of fused-ring (bicyclic) bond motifs is 9. The fourth-order valence-electron chi connectivity index (χ4n) is 9.16. The quantitative estimate of drug-likeness (QED) is 0.121. The molecule has 10 rings (SSSR count). The van der Waals surface area contributed by atoms with E-state index in [1.807, 2.05) is 12.2 Å². The summed E-state index contributed by atoms with van der Waals surface area (Å²) in [5, 5.41) is 7.68. The summed E-state index contributed by atoms with van der Waals surface area (Å²) in [7, 11) is 0. The SMILES string of the molecule is C=C/C=C(\C=C)c1nc(C2C=CC=CC2)nc2c1OC1CC=C(c3ccc(-c4ccc5c6ccccc6c6ccccc6c5c4)c(-c4ccccc4C)c3C)C=C21. The molecule has 0 saturated carbocycles. The van der Waals surface area contributed by atoms with Crippen molar-refractivity contribution in [1.82, 2.24) is 9.97 Å². The fraction of sp³-hybridized carbons (Fsp3) is 0.111. The second kappa shape index (κ2) is 14.0. The van der Waals surface area contributed by atoms with E-state index in [2.05, 4.69) is 167 Å². The molecule has 2 aliphatic carbocycles. The van der Waals surface area contributed by atoms with E-state index in [1.54, 1.807) is 6.08 Å². The summed E-state index contributed by atoms with van der Waals surface area (Å²) >= 11 is 0. The van der Waals surface area contributed by atoms with Gasteiger partial charge in [-0.25, -0.2) is 9.97 Å². The van der Waals surface area contributed by atoms with Gasteiger partial charge in [-0.05, 0) is 109 Å². The first kappa shape index (κ1) is 34.6. The van der Waals surface area contributed by atoms with Crippen molar-refractivity contribution in [3.05, 3.63) is 205 Å². The summed E-state index contributed by atoms with van der Waals surface area (Å²) in [4.78, 5) is 10.3. The van der Waals surface area contributed by atoms with Gasteiger partial charge < -0.3 is 4.74 Å². The minimum Gasteiger partial charge on any atom is -0.481 e. The monoisotopic (exact) mass is 734 g/mol. The van der Waals surface area contributed by atoms with Crippen molar-refractivity contribution in [3.8, 4) is 28.0 Å². The van der Waals surface area contributed by atoms with Gasteiger partial charge in [0.2, 0.25) is 0 Å². The molecule has 3 nitrogen and oxygen atoms in total. The molecule has 0 N–H and O–H groups in total. The van der Waals surface area contributed by atoms with Gasteiger partial charge in [-0.15, -0.1) is 0 Å². The maximum atomic E-state index is 6.71. The molecule has 0 fully saturated rings. The molecular weight excluding hydrogens is 693 g/mol. The Labute approximate surface area is 334 Å². The molecule has 1 aromatic heterocycles. The molecule has 6 aromatic carbocycles. The van der Waals surface area contributed by atoms with E-state index in [0.717, 1.165) is 46.9 Å². The molecule has 0 bridgehead atoms. The smallest absolute Gasteiger partial charge is 0.172 e. The number of benzene rings is 6. The highest BCUT2D eigenvalue weighted by atomic mass is 16.5. The molecule has 3 aliphatic rings. The number of nitrogens with zero attached hydrogens (tertiary/aromatic N) is 2. The van der Waals surface area contributed by atoms with Crippen LogP contribution in [0.3, 0.4) is 0 Å². The molecule has 0 radical (unpaired) electrons. The Bertz CT molecular complexity index is 2970. The van der Waals surface area contributed by atoms with E-state index in [-0.39, 0.29) is 12.0 Å². The van der Waals surface area contributed by atoms with E-state index >= 15 is 0 Å². The van der Waals surface area contributed by atoms with Crippen LogP contribution in [0.15, 0.2) is 171 Å². The fourth-order valence-corrected chi connectivity index (χ4v) is 9.16. The van der Waals surface area contributed by atoms with Gasteiger partial charge in [-0.3, -0.25) is 0 Å². The third-order valence-electron chi connectivity index (χ3n) is 12.0. The lowest BCUT2D eigenvalue weighted by Gasteiger charge is -2.22. The number of rotatable bonds is 7. The molecule has 2 heterocycles. The molecule has 0 spiro atoms. The van der Waals surface area contributed by atoms with Crippen LogP contribution < -0.4 is 4.74 Å². The second-order valence-corrected chi connectivity index (χ2v) is 15.3. The highest BCUT2D eigenvalue weighted by Crippen LogP contribution is 2.48. The van der Waals surface area contributed by atoms with Crippen LogP contribution in [0.5, 0.6) is 5.75 Å². The predicted molar refractivity (Wildman–Crippen MR) is 240 cm³/mol. The molecule has 2 unspecified atom stereocenters. The van der Waals surface area contributed by atoms with Gasteiger partial charge in [0.15, 0.2) is 5.75 Å². The average molecular weight is 735 g/mol. The summed E-state index contributed by atoms with van der Waals surface area (Å²) < 4.78 is 6.71. The van der Waals surface area contributed by atoms with Crippen molar-refractivity contribution in [2.24, 2.45) is 0 Å². The zero-order chi connectivity index (χ0) is 38.6. The van der Waals surface area contributed by atoms with Crippen molar-refractivity contribution in [1.29, 1.82) is 0 Å². The van der Waals surface area contributed by atoms with Crippen molar-refractivity contribution in [2.45, 2.75) is 38.7 Å². The van der Waals surface area contributed by atoms with Crippen LogP contribution in [0.4, 0.5) is 0 Å². The minimum atomic E-state index is -0.137. The Morgan fingerprint density at radius 3 is 2.12 bits per heavy atom. The number of aryl methyl sites for hydroxylation is 1. The van der Waals surface area contributed by atoms with Crippen molar-refractivity contribution >= 4 is 49.0 Å². The lowest BCUT2D eigenvalue weighted by atomic mass is 9.82. The van der Waals surface area contributed by atoms with Crippen molar-refractivity contribution < 1.29 is 4.74 Å². The average Bonchev–Trinajstić information content (AvgIpc) is 3.64. The topological polar surface area (TPSA) is 35.0 Å². The Morgan fingerprint density at radius 2 is 1.42 bits per heavy atom. The molecule has 7 aromatic rings. The summed E-state index contributed by atoms with van der Waals surface area (Å²) in [6.45, 7) is 12.6. The Hall–Kier alpha value is -6.84. The van der Waals surface area contributed by atoms with Crippen LogP contribution in [-0.4, -0.2) is 16.1 Å². The third kappa shape index (κ3) is 5.73. The zero-order valence-electron chi connectivity index (χ0n) is 32.3. The minimum absolute atomic E-state index is 0.0883. The van der Waals surface area contributed by atoms with Crippen LogP contribution >= 0.6 is 0 Å². The Morgan fingerprint density at radius 1 is 0.719 bits per heavy atom. The first-order valence-electron chi connectivity index (χ1n) is 19.9. The van der Waals surface area contributed by atoms with Gasteiger partial charge in [0.1, 0.15) is 23.3 Å². The highest BCUT2D eigenvalue weighted by molar-refractivity contribution is 6.25. The summed E-state index contributed by atoms with van der Waals surface area (Å²) in [5.74, 6) is 1.60. The van der Waals surface area contributed by atoms with E-state index in [0.29, 0.717) is 0 Å². The lowest BCUT2D eigenvalue weighted by molar-refractivity contribution is 0.277. The van der Waals surface area contributed by atoms with E-state index in [1.165, 1.54) is 76.8 Å². The van der Waals surface area contributed by atoms with E-state index < -0.39 is 0 Å². The molecular formula is C54H42N2O. The van der Waals surface area contributed by atoms with Crippen LogP contribution in [0.2, 0.25) is 0 Å². The number of hydrogen-bond donors (Lipinski definition) is 0. The first-order chi connectivity index (χ1) is 28.0. The van der Waals surface area contributed by atoms with Crippen molar-refractivity contribution in [3.63, 3.8) is 0 Å². The molecule has 2 atom stereocenters. The van der Waals surface area contributed by atoms with Gasteiger partial charge >= 0.3 is 0 Å². The standard InChI is InChI=1S/C54H42N2O/c1-5-16-35(6-2)51-53-52(56-54(55-51)36-18-8-7-9-19-36)48-32-37(26-30-49(48)57-53)40-28-29-41(50(34(40)4)39-20-11-10-17-33(39)3)38-25-27-46-44-23-13-12-21-42(44)43-22-14-15-24-45(43)47(46)31-38/h5-18,20-29,31-32,36,49H,1-2,19,30H2,3-4H3/b35-16+. The summed E-state index contributed by atoms with van der Waals surface area (Å²) in [6, 6.07) is 38.0. The lowest BCUT2D eigenvalue weighted by Crippen LogP contribution is -2.14. The molecule has 274 valence electrons. The largest absolute Gasteiger partial charge is 0.481 e. The van der Waals surface area contributed by atoms with Crippen LogP contribution in [0.1, 0.15) is 52.7 Å². The number of aromatic nitrogens is 2. The van der Waals surface area contributed by atoms with Gasteiger partial charge in [-0.1, -0.05) is 159 Å². The molecule has 3 heteroatoms. The molecule has 0 amide bonds. The number of allylic oxidation sites excluding steroid dienone is 10. The maximum Gasteiger partial charge on any atom is 0.172 e. The van der Waals surface area contributed by atoms with E-state index in [9.17, 15) is 0 Å². The number of hydrogen-bond acceptors (Lipinski definition) is 3. The second-order valence-electron chi connectivity index (χ2n) is 15.3. The number of ether oxygens (including phenoxy) is 1. The van der Waals surface area contributed by atoms with Crippen molar-refractivity contribution in [2.75, 3.05) is 0 Å². The zero-order valence-corrected chi connectivity index (χ0v) is 32.3. The van der Waals surface area contributed by atoms with Crippen LogP contribution in [0, 0.1) is 13.8 Å². The summed E-state index contributed by atoms with van der Waals surface area (Å²) in [6.07, 6.45) is 20.2. The van der Waals surface area contributed by atoms with Gasteiger partial charge in [0.25, 0.3) is 0 Å². The third-order valence-corrected chi connectivity index (χ3v) is 12.0. The summed E-state index contributed by atoms with van der Waals surface area (Å²) in [5.41, 5.74) is 13.4. The maximum absolute atomic E-state index is 6.71. The molecule has 0 saturated heterocycles. The van der Waals surface area contributed by atoms with Crippen LogP contribution in [-0.2, 0) is 0 Å². The Kier molecular flexibility index (Phi) is 8.52. The van der Waals surface area contributed by atoms with Gasteiger partial charge in [0.05, 0.1) is 0 Å². The normalized spacial score (nSPS) is 17.3. The molecule has 1 aliphatic heterocycles. The van der Waals surface area contributed by atoms with Gasteiger partial charge in [-0.2, -0.15) is 0 Å².